The first-order valence-electron chi connectivity index (χ1n) is 9.49. The number of aromatic nitrogens is 2. The van der Waals surface area contributed by atoms with E-state index in [1.54, 1.807) is 16.6 Å². The van der Waals surface area contributed by atoms with E-state index in [4.69, 9.17) is 14.2 Å². The maximum atomic E-state index is 12.6. The van der Waals surface area contributed by atoms with Crippen LogP contribution in [0.2, 0.25) is 0 Å². The number of benzene rings is 1. The Morgan fingerprint density at radius 3 is 2.70 bits per heavy atom. The van der Waals surface area contributed by atoms with Crippen LogP contribution < -0.4 is 4.74 Å². The highest BCUT2D eigenvalue weighted by Gasteiger charge is 2.30. The van der Waals surface area contributed by atoms with Gasteiger partial charge in [0.15, 0.2) is 0 Å². The zero-order valence-electron chi connectivity index (χ0n) is 16.8. The average molecular weight is 427 g/mol. The van der Waals surface area contributed by atoms with Gasteiger partial charge in [-0.3, -0.25) is 9.48 Å². The molecule has 2 heterocycles. The number of hydrogen-bond donors (Lipinski definition) is 0. The molecule has 1 fully saturated rings. The molecular weight excluding hydrogens is 403 g/mol. The Morgan fingerprint density at radius 2 is 2.03 bits per heavy atom. The molecule has 1 aliphatic rings. The second kappa shape index (κ2) is 9.48. The van der Waals surface area contributed by atoms with Gasteiger partial charge in [-0.2, -0.15) is 18.3 Å². The molecule has 0 N–H and O–H groups in total. The first kappa shape index (κ1) is 22.1. The zero-order valence-corrected chi connectivity index (χ0v) is 16.8. The van der Waals surface area contributed by atoms with Gasteiger partial charge < -0.3 is 19.1 Å². The summed E-state index contributed by atoms with van der Waals surface area (Å²) in [6, 6.07) is 6.49. The standard InChI is InChI=1S/C20H24F3N3O4/c1-25-15(7-9-29-16-5-3-14(4-6-16)20(21,22)23)11-17(24-25)18-12-26(8-10-30-18)19(27)13-28-2/h3-6,11,18H,7-10,12-13H2,1-2H3/t18-/m0/s1. The smallest absolute Gasteiger partial charge is 0.416 e. The van der Waals surface area contributed by atoms with Crippen LogP contribution in [0, 0.1) is 0 Å². The van der Waals surface area contributed by atoms with E-state index in [0.717, 1.165) is 23.5 Å². The number of nitrogens with zero attached hydrogens (tertiary/aromatic N) is 3. The highest BCUT2D eigenvalue weighted by atomic mass is 19.4. The van der Waals surface area contributed by atoms with Crippen molar-refractivity contribution in [3.8, 4) is 5.75 Å². The van der Waals surface area contributed by atoms with Crippen molar-refractivity contribution in [2.45, 2.75) is 18.7 Å². The average Bonchev–Trinajstić information content (AvgIpc) is 3.09. The largest absolute Gasteiger partial charge is 0.493 e. The van der Waals surface area contributed by atoms with Gasteiger partial charge in [0.2, 0.25) is 5.91 Å². The summed E-state index contributed by atoms with van der Waals surface area (Å²) < 4.78 is 55.8. The molecule has 1 saturated heterocycles. The molecular formula is C20H24F3N3O4. The number of morpholine rings is 1. The summed E-state index contributed by atoms with van der Waals surface area (Å²) in [4.78, 5) is 13.7. The third kappa shape index (κ3) is 5.51. The Morgan fingerprint density at radius 1 is 1.30 bits per heavy atom. The lowest BCUT2D eigenvalue weighted by molar-refractivity contribution is -0.143. The molecule has 1 aromatic carbocycles. The van der Waals surface area contributed by atoms with Gasteiger partial charge in [0.25, 0.3) is 0 Å². The van der Waals surface area contributed by atoms with Crippen LogP contribution >= 0.6 is 0 Å². The number of hydrogen-bond acceptors (Lipinski definition) is 5. The molecule has 7 nitrogen and oxygen atoms in total. The molecule has 1 amide bonds. The third-order valence-corrected chi connectivity index (χ3v) is 4.82. The fraction of sp³-hybridized carbons (Fsp3) is 0.500. The number of aryl methyl sites for hydroxylation is 1. The van der Waals surface area contributed by atoms with Crippen molar-refractivity contribution < 1.29 is 32.2 Å². The Bertz CT molecular complexity index is 852. The second-order valence-electron chi connectivity index (χ2n) is 6.94. The monoisotopic (exact) mass is 427 g/mol. The molecule has 1 atom stereocenters. The molecule has 1 aromatic heterocycles. The number of carbonyl (C=O) groups is 1. The van der Waals surface area contributed by atoms with Crippen molar-refractivity contribution in [2.75, 3.05) is 40.0 Å². The predicted octanol–water partition coefficient (Wildman–Crippen LogP) is 2.61. The minimum absolute atomic E-state index is 0.0292. The van der Waals surface area contributed by atoms with Crippen LogP contribution in [0.15, 0.2) is 30.3 Å². The molecule has 0 bridgehead atoms. The first-order chi connectivity index (χ1) is 14.3. The predicted molar refractivity (Wildman–Crippen MR) is 101 cm³/mol. The van der Waals surface area contributed by atoms with Crippen LogP contribution in [-0.4, -0.2) is 60.6 Å². The number of rotatable bonds is 7. The van der Waals surface area contributed by atoms with Crippen LogP contribution in [0.4, 0.5) is 13.2 Å². The van der Waals surface area contributed by atoms with Gasteiger partial charge in [0.1, 0.15) is 18.5 Å². The number of amides is 1. The molecule has 0 radical (unpaired) electrons. The highest BCUT2D eigenvalue weighted by molar-refractivity contribution is 5.77. The van der Waals surface area contributed by atoms with Crippen molar-refractivity contribution in [1.29, 1.82) is 0 Å². The highest BCUT2D eigenvalue weighted by Crippen LogP contribution is 2.30. The molecule has 0 aliphatic carbocycles. The quantitative estimate of drug-likeness (QED) is 0.680. The van der Waals surface area contributed by atoms with Crippen LogP contribution in [0.5, 0.6) is 5.75 Å². The number of carbonyl (C=O) groups excluding carboxylic acids is 1. The summed E-state index contributed by atoms with van der Waals surface area (Å²) in [6.45, 7) is 1.65. The molecule has 0 spiro atoms. The third-order valence-electron chi connectivity index (χ3n) is 4.82. The number of ether oxygens (including phenoxy) is 3. The molecule has 3 rings (SSSR count). The SMILES string of the molecule is COCC(=O)N1CCO[C@H](c2cc(CCOc3ccc(C(F)(F)F)cc3)n(C)n2)C1. The van der Waals surface area contributed by atoms with Gasteiger partial charge >= 0.3 is 6.18 Å². The second-order valence-corrected chi connectivity index (χ2v) is 6.94. The minimum Gasteiger partial charge on any atom is -0.493 e. The van der Waals surface area contributed by atoms with Crippen molar-refractivity contribution in [3.05, 3.63) is 47.3 Å². The number of alkyl halides is 3. The van der Waals surface area contributed by atoms with E-state index in [0.29, 0.717) is 31.9 Å². The van der Waals surface area contributed by atoms with Gasteiger partial charge in [-0.25, -0.2) is 0 Å². The summed E-state index contributed by atoms with van der Waals surface area (Å²) in [6.07, 6.45) is -4.17. The maximum absolute atomic E-state index is 12.6. The summed E-state index contributed by atoms with van der Waals surface area (Å²) >= 11 is 0. The number of halogens is 3. The van der Waals surface area contributed by atoms with E-state index < -0.39 is 11.7 Å². The van der Waals surface area contributed by atoms with E-state index >= 15 is 0 Å². The summed E-state index contributed by atoms with van der Waals surface area (Å²) in [5.41, 5.74) is 0.898. The van der Waals surface area contributed by atoms with Crippen molar-refractivity contribution in [1.82, 2.24) is 14.7 Å². The fourth-order valence-corrected chi connectivity index (χ4v) is 3.20. The van der Waals surface area contributed by atoms with Crippen molar-refractivity contribution in [2.24, 2.45) is 7.05 Å². The Balaban J connectivity index is 1.55. The normalized spacial score (nSPS) is 17.2. The van der Waals surface area contributed by atoms with Crippen molar-refractivity contribution in [3.63, 3.8) is 0 Å². The number of methoxy groups -OCH3 is 1. The van der Waals surface area contributed by atoms with E-state index in [2.05, 4.69) is 5.10 Å². The van der Waals surface area contributed by atoms with E-state index in [-0.39, 0.29) is 25.2 Å². The zero-order chi connectivity index (χ0) is 21.7. The lowest BCUT2D eigenvalue weighted by Crippen LogP contribution is -2.43. The molecule has 1 aliphatic heterocycles. The van der Waals surface area contributed by atoms with Gasteiger partial charge in [-0.15, -0.1) is 0 Å². The van der Waals surface area contributed by atoms with Gasteiger partial charge in [0, 0.05) is 32.8 Å². The van der Waals surface area contributed by atoms with E-state index in [1.807, 2.05) is 6.07 Å². The lowest BCUT2D eigenvalue weighted by Gasteiger charge is -2.32. The van der Waals surface area contributed by atoms with E-state index in [1.165, 1.54) is 19.2 Å². The molecule has 0 saturated carbocycles. The molecule has 2 aromatic rings. The summed E-state index contributed by atoms with van der Waals surface area (Å²) in [5, 5.41) is 4.48. The van der Waals surface area contributed by atoms with Crippen LogP contribution in [0.25, 0.3) is 0 Å². The van der Waals surface area contributed by atoms with Crippen molar-refractivity contribution >= 4 is 5.91 Å². The summed E-state index contributed by atoms with van der Waals surface area (Å²) in [5.74, 6) is 0.278. The molecule has 10 heteroatoms. The molecule has 0 unspecified atom stereocenters. The van der Waals surface area contributed by atoms with E-state index in [9.17, 15) is 18.0 Å². The van der Waals surface area contributed by atoms with Crippen LogP contribution in [-0.2, 0) is 33.9 Å². The van der Waals surface area contributed by atoms with Gasteiger partial charge in [-0.1, -0.05) is 0 Å². The van der Waals surface area contributed by atoms with Crippen LogP contribution in [0.1, 0.15) is 23.1 Å². The lowest BCUT2D eigenvalue weighted by atomic mass is 10.2. The summed E-state index contributed by atoms with van der Waals surface area (Å²) in [7, 11) is 3.28. The van der Waals surface area contributed by atoms with Gasteiger partial charge in [0.05, 0.1) is 31.0 Å². The topological polar surface area (TPSA) is 65.8 Å². The molecule has 164 valence electrons. The Hall–Kier alpha value is -2.59. The van der Waals surface area contributed by atoms with Gasteiger partial charge in [-0.05, 0) is 30.3 Å². The first-order valence-corrected chi connectivity index (χ1v) is 9.49. The Labute approximate surface area is 172 Å². The maximum Gasteiger partial charge on any atom is 0.416 e. The minimum atomic E-state index is -4.37. The Kier molecular flexibility index (Phi) is 6.99. The fourth-order valence-electron chi connectivity index (χ4n) is 3.20. The molecule has 30 heavy (non-hydrogen) atoms. The van der Waals surface area contributed by atoms with Crippen LogP contribution in [0.3, 0.4) is 0 Å².